The summed E-state index contributed by atoms with van der Waals surface area (Å²) in [6, 6.07) is 4.67. The lowest BCUT2D eigenvalue weighted by Crippen LogP contribution is -2.51. The van der Waals surface area contributed by atoms with Crippen molar-refractivity contribution < 1.29 is 17.8 Å². The summed E-state index contributed by atoms with van der Waals surface area (Å²) in [6.07, 6.45) is -0.216. The summed E-state index contributed by atoms with van der Waals surface area (Å²) < 4.78 is 31.2. The molecule has 0 radical (unpaired) electrons. The van der Waals surface area contributed by atoms with Gasteiger partial charge in [0, 0.05) is 23.0 Å². The molecule has 0 saturated carbocycles. The number of carbonyl (C=O) groups is 1. The van der Waals surface area contributed by atoms with Gasteiger partial charge in [-0.15, -0.1) is 0 Å². The van der Waals surface area contributed by atoms with Crippen LogP contribution < -0.4 is 5.73 Å². The van der Waals surface area contributed by atoms with Crippen LogP contribution in [0.2, 0.25) is 0 Å². The zero-order valence-electron chi connectivity index (χ0n) is 9.68. The van der Waals surface area contributed by atoms with E-state index < -0.39 is 27.2 Å². The van der Waals surface area contributed by atoms with Gasteiger partial charge >= 0.3 is 0 Å². The molecule has 0 aliphatic heterocycles. The minimum absolute atomic E-state index is 0.0239. The van der Waals surface area contributed by atoms with E-state index in [2.05, 4.69) is 15.9 Å². The van der Waals surface area contributed by atoms with Gasteiger partial charge in [0.2, 0.25) is 10.7 Å². The Morgan fingerprint density at radius 3 is 2.63 bits per heavy atom. The standard InChI is InChI=1S/C11H11BrN2O4S/c12-9-3-1-2-8-7(9)4-6(13)5-11(8,10(14)15)19(16,17)18/h1-3,13H,4-5H2,(H2,14,15)(H,16,17,18). The number of halogens is 1. The Balaban J connectivity index is 2.89. The van der Waals surface area contributed by atoms with Crippen molar-refractivity contribution in [3.8, 4) is 0 Å². The van der Waals surface area contributed by atoms with Crippen LogP contribution in [0, 0.1) is 5.41 Å². The fraction of sp³-hybridized carbons (Fsp3) is 0.273. The van der Waals surface area contributed by atoms with Crippen molar-refractivity contribution in [3.63, 3.8) is 0 Å². The van der Waals surface area contributed by atoms with Crippen LogP contribution in [-0.2, 0) is 26.1 Å². The van der Waals surface area contributed by atoms with E-state index in [9.17, 15) is 17.8 Å². The summed E-state index contributed by atoms with van der Waals surface area (Å²) in [4.78, 5) is 11.7. The number of hydrogen-bond acceptors (Lipinski definition) is 4. The molecule has 1 atom stereocenters. The number of carbonyl (C=O) groups excluding carboxylic acids is 1. The van der Waals surface area contributed by atoms with E-state index >= 15 is 0 Å². The molecule has 0 aromatic heterocycles. The number of nitrogens with one attached hydrogen (secondary N) is 1. The van der Waals surface area contributed by atoms with E-state index in [-0.39, 0.29) is 17.7 Å². The Morgan fingerprint density at radius 2 is 2.11 bits per heavy atom. The van der Waals surface area contributed by atoms with E-state index in [1.165, 1.54) is 6.07 Å². The lowest BCUT2D eigenvalue weighted by molar-refractivity contribution is -0.120. The number of benzene rings is 1. The Morgan fingerprint density at radius 1 is 1.47 bits per heavy atom. The average Bonchev–Trinajstić information content (AvgIpc) is 2.27. The van der Waals surface area contributed by atoms with Gasteiger partial charge in [-0.3, -0.25) is 9.35 Å². The molecule has 1 amide bonds. The monoisotopic (exact) mass is 346 g/mol. The first kappa shape index (κ1) is 14.2. The third kappa shape index (κ3) is 1.99. The lowest BCUT2D eigenvalue weighted by atomic mass is 9.80. The van der Waals surface area contributed by atoms with Crippen molar-refractivity contribution in [2.45, 2.75) is 17.6 Å². The maximum Gasteiger partial charge on any atom is 0.284 e. The molecule has 0 bridgehead atoms. The second-order valence-electron chi connectivity index (χ2n) is 4.39. The third-order valence-corrected chi connectivity index (χ3v) is 5.43. The molecular formula is C11H11BrN2O4S. The normalized spacial score (nSPS) is 22.9. The van der Waals surface area contributed by atoms with Crippen LogP contribution >= 0.6 is 15.9 Å². The number of rotatable bonds is 2. The predicted molar refractivity (Wildman–Crippen MR) is 72.6 cm³/mol. The second-order valence-corrected chi connectivity index (χ2v) is 6.89. The molecule has 0 heterocycles. The Hall–Kier alpha value is -1.25. The number of fused-ring (bicyclic) bond motifs is 1. The molecule has 19 heavy (non-hydrogen) atoms. The van der Waals surface area contributed by atoms with Crippen LogP contribution in [0.3, 0.4) is 0 Å². The molecule has 1 aliphatic rings. The maximum absolute atomic E-state index is 11.7. The zero-order valence-corrected chi connectivity index (χ0v) is 12.1. The van der Waals surface area contributed by atoms with E-state index in [0.717, 1.165) is 0 Å². The van der Waals surface area contributed by atoms with Gasteiger partial charge in [0.25, 0.3) is 10.1 Å². The van der Waals surface area contributed by atoms with Crippen LogP contribution in [0.4, 0.5) is 0 Å². The molecule has 0 spiro atoms. The van der Waals surface area contributed by atoms with Crippen molar-refractivity contribution in [2.75, 3.05) is 0 Å². The van der Waals surface area contributed by atoms with Gasteiger partial charge in [-0.25, -0.2) is 0 Å². The fourth-order valence-electron chi connectivity index (χ4n) is 2.37. The maximum atomic E-state index is 11.7. The molecule has 8 heteroatoms. The molecule has 6 nitrogen and oxygen atoms in total. The van der Waals surface area contributed by atoms with Crippen LogP contribution in [0.1, 0.15) is 17.5 Å². The summed E-state index contributed by atoms with van der Waals surface area (Å²) in [7, 11) is -4.79. The Labute approximate surface area is 118 Å². The quantitative estimate of drug-likeness (QED) is 0.691. The van der Waals surface area contributed by atoms with E-state index in [4.69, 9.17) is 11.1 Å². The fourth-order valence-corrected chi connectivity index (χ4v) is 3.95. The summed E-state index contributed by atoms with van der Waals surface area (Å²) in [5.41, 5.74) is 5.86. The van der Waals surface area contributed by atoms with Crippen LogP contribution in [0.25, 0.3) is 0 Å². The first-order valence-corrected chi connectivity index (χ1v) is 7.54. The molecule has 1 aliphatic carbocycles. The average molecular weight is 347 g/mol. The van der Waals surface area contributed by atoms with E-state index in [0.29, 0.717) is 10.0 Å². The van der Waals surface area contributed by atoms with Crippen molar-refractivity contribution in [2.24, 2.45) is 5.73 Å². The van der Waals surface area contributed by atoms with Gasteiger partial charge in [0.05, 0.1) is 0 Å². The second kappa shape index (κ2) is 4.39. The first-order chi connectivity index (χ1) is 8.70. The topological polar surface area (TPSA) is 121 Å². The van der Waals surface area contributed by atoms with Gasteiger partial charge < -0.3 is 11.1 Å². The predicted octanol–water partition coefficient (Wildman–Crippen LogP) is 0.983. The zero-order chi connectivity index (χ0) is 14.4. The largest absolute Gasteiger partial charge is 0.368 e. The van der Waals surface area contributed by atoms with Gasteiger partial charge in [-0.2, -0.15) is 8.42 Å². The highest BCUT2D eigenvalue weighted by atomic mass is 79.9. The van der Waals surface area contributed by atoms with Crippen molar-refractivity contribution in [3.05, 3.63) is 33.8 Å². The van der Waals surface area contributed by atoms with Crippen molar-refractivity contribution in [1.82, 2.24) is 0 Å². The Bertz CT molecular complexity index is 686. The minimum atomic E-state index is -4.79. The summed E-state index contributed by atoms with van der Waals surface area (Å²) in [5, 5.41) is 7.74. The summed E-state index contributed by atoms with van der Waals surface area (Å²) in [5.74, 6) is -1.18. The molecule has 4 N–H and O–H groups in total. The third-order valence-electron chi connectivity index (χ3n) is 3.24. The molecule has 0 fully saturated rings. The SMILES string of the molecule is N=C1Cc2c(Br)cccc2C(C(N)=O)(S(=O)(=O)O)C1. The first-order valence-electron chi connectivity index (χ1n) is 5.31. The highest BCUT2D eigenvalue weighted by molar-refractivity contribution is 9.10. The van der Waals surface area contributed by atoms with Gasteiger partial charge in [-0.05, 0) is 17.2 Å². The molecule has 2 rings (SSSR count). The van der Waals surface area contributed by atoms with Crippen molar-refractivity contribution in [1.29, 1.82) is 5.41 Å². The number of primary amides is 1. The molecular weight excluding hydrogens is 336 g/mol. The lowest BCUT2D eigenvalue weighted by Gasteiger charge is -2.34. The minimum Gasteiger partial charge on any atom is -0.368 e. The van der Waals surface area contributed by atoms with E-state index in [1.54, 1.807) is 12.1 Å². The van der Waals surface area contributed by atoms with Crippen LogP contribution in [-0.4, -0.2) is 24.6 Å². The molecule has 1 aromatic rings. The number of hydrogen-bond donors (Lipinski definition) is 3. The van der Waals surface area contributed by atoms with Crippen LogP contribution in [0.5, 0.6) is 0 Å². The smallest absolute Gasteiger partial charge is 0.284 e. The number of amides is 1. The van der Waals surface area contributed by atoms with E-state index in [1.807, 2.05) is 0 Å². The van der Waals surface area contributed by atoms with Gasteiger partial charge in [-0.1, -0.05) is 28.1 Å². The summed E-state index contributed by atoms with van der Waals surface area (Å²) >= 11 is 3.25. The van der Waals surface area contributed by atoms with Crippen molar-refractivity contribution >= 4 is 37.7 Å². The van der Waals surface area contributed by atoms with Gasteiger partial charge in [0.15, 0.2) is 0 Å². The van der Waals surface area contributed by atoms with Crippen LogP contribution in [0.15, 0.2) is 22.7 Å². The highest BCUT2D eigenvalue weighted by Crippen LogP contribution is 2.42. The molecule has 0 saturated heterocycles. The number of nitrogens with two attached hydrogens (primary N) is 1. The summed E-state index contributed by atoms with van der Waals surface area (Å²) in [6.45, 7) is 0. The Kier molecular flexibility index (Phi) is 3.28. The highest BCUT2D eigenvalue weighted by Gasteiger charge is 2.54. The molecule has 102 valence electrons. The molecule has 1 unspecified atom stereocenters. The molecule has 1 aromatic carbocycles. The van der Waals surface area contributed by atoms with Gasteiger partial charge in [0.1, 0.15) is 0 Å².